The predicted molar refractivity (Wildman–Crippen MR) is 91.5 cm³/mol. The normalized spacial score (nSPS) is 20.2. The van der Waals surface area contributed by atoms with Gasteiger partial charge < -0.3 is 15.4 Å². The highest BCUT2D eigenvalue weighted by molar-refractivity contribution is 5.93. The molecule has 0 bridgehead atoms. The molecule has 1 aromatic heterocycles. The fourth-order valence-corrected chi connectivity index (χ4v) is 3.12. The van der Waals surface area contributed by atoms with Crippen molar-refractivity contribution in [3.05, 3.63) is 53.3 Å². The van der Waals surface area contributed by atoms with E-state index >= 15 is 0 Å². The number of aromatic nitrogens is 2. The molecule has 0 unspecified atom stereocenters. The first-order valence-electron chi connectivity index (χ1n) is 8.29. The quantitative estimate of drug-likeness (QED) is 0.846. The largest absolute Gasteiger partial charge is 0.373 e. The number of aryl methyl sites for hydroxylation is 1. The second-order valence-electron chi connectivity index (χ2n) is 6.19. The van der Waals surface area contributed by atoms with E-state index in [-0.39, 0.29) is 12.0 Å². The van der Waals surface area contributed by atoms with E-state index in [9.17, 15) is 4.79 Å². The number of nitrogens with zero attached hydrogens (tertiary/aromatic N) is 2. The minimum absolute atomic E-state index is 0.0584. The second kappa shape index (κ2) is 7.59. The third kappa shape index (κ3) is 3.83. The minimum atomic E-state index is -0.0584. The van der Waals surface area contributed by atoms with Gasteiger partial charge in [0.2, 0.25) is 0 Å². The number of benzene rings is 1. The van der Waals surface area contributed by atoms with Crippen LogP contribution in [0.2, 0.25) is 0 Å². The van der Waals surface area contributed by atoms with Crippen molar-refractivity contribution in [3.8, 4) is 0 Å². The Hall–Kier alpha value is -2.18. The summed E-state index contributed by atoms with van der Waals surface area (Å²) < 4.78 is 7.70. The van der Waals surface area contributed by atoms with Crippen LogP contribution in [0.5, 0.6) is 0 Å². The average molecular weight is 328 g/mol. The van der Waals surface area contributed by atoms with Crippen LogP contribution >= 0.6 is 0 Å². The molecule has 6 heteroatoms. The number of carbonyl (C=O) groups excluding carboxylic acids is 1. The minimum Gasteiger partial charge on any atom is -0.373 e. The van der Waals surface area contributed by atoms with Gasteiger partial charge in [-0.2, -0.15) is 5.10 Å². The number of hydrogen-bond acceptors (Lipinski definition) is 4. The lowest BCUT2D eigenvalue weighted by atomic mass is 9.97. The summed E-state index contributed by atoms with van der Waals surface area (Å²) in [5.74, 6) is 0.399. The zero-order chi connectivity index (χ0) is 16.9. The highest BCUT2D eigenvalue weighted by atomic mass is 16.5. The summed E-state index contributed by atoms with van der Waals surface area (Å²) in [5, 5.41) is 10.4. The molecule has 1 fully saturated rings. The van der Waals surface area contributed by atoms with Gasteiger partial charge in [-0.05, 0) is 24.1 Å². The Morgan fingerprint density at radius 2 is 2.17 bits per heavy atom. The molecule has 0 aliphatic carbocycles. The number of amides is 1. The predicted octanol–water partition coefficient (Wildman–Crippen LogP) is 1.65. The summed E-state index contributed by atoms with van der Waals surface area (Å²) in [4.78, 5) is 11.5. The van der Waals surface area contributed by atoms with Crippen molar-refractivity contribution >= 4 is 5.91 Å². The molecule has 0 spiro atoms. The molecule has 6 nitrogen and oxygen atoms in total. The fraction of sp³-hybridized carbons (Fsp3) is 0.444. The van der Waals surface area contributed by atoms with Gasteiger partial charge in [-0.15, -0.1) is 0 Å². The van der Waals surface area contributed by atoms with Crippen molar-refractivity contribution in [1.29, 1.82) is 0 Å². The van der Waals surface area contributed by atoms with Crippen molar-refractivity contribution in [3.63, 3.8) is 0 Å². The lowest BCUT2D eigenvalue weighted by Crippen LogP contribution is -2.24. The number of ether oxygens (including phenoxy) is 1. The summed E-state index contributed by atoms with van der Waals surface area (Å²) in [6.07, 6.45) is 5.10. The highest BCUT2D eigenvalue weighted by Gasteiger charge is 2.30. The molecular formula is C18H24N4O2. The lowest BCUT2D eigenvalue weighted by Gasteiger charge is -2.18. The first-order valence-corrected chi connectivity index (χ1v) is 8.29. The molecule has 24 heavy (non-hydrogen) atoms. The second-order valence-corrected chi connectivity index (χ2v) is 6.19. The van der Waals surface area contributed by atoms with Gasteiger partial charge >= 0.3 is 0 Å². The maximum Gasteiger partial charge on any atom is 0.251 e. The van der Waals surface area contributed by atoms with Crippen molar-refractivity contribution in [2.24, 2.45) is 13.0 Å². The van der Waals surface area contributed by atoms with Gasteiger partial charge in [0.15, 0.2) is 0 Å². The maximum atomic E-state index is 11.5. The van der Waals surface area contributed by atoms with E-state index in [0.29, 0.717) is 11.5 Å². The maximum absolute atomic E-state index is 11.5. The molecule has 0 saturated carbocycles. The first kappa shape index (κ1) is 16.7. The van der Waals surface area contributed by atoms with Crippen LogP contribution in [0.25, 0.3) is 0 Å². The van der Waals surface area contributed by atoms with Crippen LogP contribution in [0.4, 0.5) is 0 Å². The van der Waals surface area contributed by atoms with Gasteiger partial charge in [0.05, 0.1) is 12.3 Å². The molecule has 0 radical (unpaired) electrons. The van der Waals surface area contributed by atoms with Gasteiger partial charge in [0.25, 0.3) is 5.91 Å². The fourth-order valence-electron chi connectivity index (χ4n) is 3.12. The van der Waals surface area contributed by atoms with Crippen LogP contribution in [0.3, 0.4) is 0 Å². The van der Waals surface area contributed by atoms with Gasteiger partial charge in [-0.3, -0.25) is 9.48 Å². The Kier molecular flexibility index (Phi) is 5.27. The molecule has 1 aliphatic heterocycles. The SMILES string of the molecule is CNC(=O)c1ccc(CNC[C@H]2CCO[C@H]2c2cnn(C)c2)cc1. The summed E-state index contributed by atoms with van der Waals surface area (Å²) in [6.45, 7) is 2.48. The molecule has 2 heterocycles. The summed E-state index contributed by atoms with van der Waals surface area (Å²) in [6, 6.07) is 7.68. The van der Waals surface area contributed by atoms with Crippen LogP contribution in [-0.4, -0.2) is 35.9 Å². The van der Waals surface area contributed by atoms with E-state index in [1.54, 1.807) is 7.05 Å². The van der Waals surface area contributed by atoms with Crippen LogP contribution in [0.1, 0.15) is 34.0 Å². The third-order valence-electron chi connectivity index (χ3n) is 4.45. The van der Waals surface area contributed by atoms with Crippen molar-refractivity contribution in [2.45, 2.75) is 19.1 Å². The molecular weight excluding hydrogens is 304 g/mol. The Balaban J connectivity index is 1.51. The number of carbonyl (C=O) groups is 1. The first-order chi connectivity index (χ1) is 11.7. The Morgan fingerprint density at radius 1 is 1.38 bits per heavy atom. The average Bonchev–Trinajstić information content (AvgIpc) is 3.23. The third-order valence-corrected chi connectivity index (χ3v) is 4.45. The zero-order valence-electron chi connectivity index (χ0n) is 14.2. The Labute approximate surface area is 142 Å². The van der Waals surface area contributed by atoms with Gasteiger partial charge in [0, 0.05) is 57.0 Å². The molecule has 1 amide bonds. The molecule has 1 saturated heterocycles. The number of nitrogens with one attached hydrogen (secondary N) is 2. The number of rotatable bonds is 6. The van der Waals surface area contributed by atoms with E-state index < -0.39 is 0 Å². The summed E-state index contributed by atoms with van der Waals surface area (Å²) >= 11 is 0. The molecule has 1 aliphatic rings. The molecule has 2 aromatic rings. The van der Waals surface area contributed by atoms with Crippen LogP contribution < -0.4 is 10.6 Å². The van der Waals surface area contributed by atoms with Gasteiger partial charge in [0.1, 0.15) is 0 Å². The van der Waals surface area contributed by atoms with E-state index in [0.717, 1.165) is 31.7 Å². The molecule has 2 atom stereocenters. The Morgan fingerprint density at radius 3 is 2.83 bits per heavy atom. The summed E-state index contributed by atoms with van der Waals surface area (Å²) in [5.41, 5.74) is 3.00. The van der Waals surface area contributed by atoms with Crippen molar-refractivity contribution in [2.75, 3.05) is 20.2 Å². The molecule has 2 N–H and O–H groups in total. The van der Waals surface area contributed by atoms with Crippen molar-refractivity contribution < 1.29 is 9.53 Å². The van der Waals surface area contributed by atoms with Crippen LogP contribution in [-0.2, 0) is 18.3 Å². The van der Waals surface area contributed by atoms with Crippen molar-refractivity contribution in [1.82, 2.24) is 20.4 Å². The van der Waals surface area contributed by atoms with Crippen LogP contribution in [0.15, 0.2) is 36.7 Å². The molecule has 1 aromatic carbocycles. The standard InChI is InChI=1S/C18H24N4O2/c1-19-18(23)14-5-3-13(4-6-14)9-20-10-15-7-8-24-17(15)16-11-21-22(2)12-16/h3-6,11-12,15,17,20H,7-10H2,1-2H3,(H,19,23)/t15-,17-/m1/s1. The topological polar surface area (TPSA) is 68.2 Å². The Bertz CT molecular complexity index is 681. The monoisotopic (exact) mass is 328 g/mol. The van der Waals surface area contributed by atoms with E-state index in [1.807, 2.05) is 48.4 Å². The van der Waals surface area contributed by atoms with Gasteiger partial charge in [-0.25, -0.2) is 0 Å². The number of hydrogen-bond donors (Lipinski definition) is 2. The lowest BCUT2D eigenvalue weighted by molar-refractivity contribution is 0.0904. The van der Waals surface area contributed by atoms with E-state index in [4.69, 9.17) is 4.74 Å². The van der Waals surface area contributed by atoms with Gasteiger partial charge in [-0.1, -0.05) is 12.1 Å². The summed E-state index contributed by atoms with van der Waals surface area (Å²) in [7, 11) is 3.56. The smallest absolute Gasteiger partial charge is 0.251 e. The highest BCUT2D eigenvalue weighted by Crippen LogP contribution is 2.33. The van der Waals surface area contributed by atoms with E-state index in [2.05, 4.69) is 15.7 Å². The zero-order valence-corrected chi connectivity index (χ0v) is 14.2. The molecule has 128 valence electrons. The molecule has 3 rings (SSSR count). The van der Waals surface area contributed by atoms with E-state index in [1.165, 1.54) is 5.56 Å². The van der Waals surface area contributed by atoms with Crippen LogP contribution in [0, 0.1) is 5.92 Å².